The lowest BCUT2D eigenvalue weighted by molar-refractivity contribution is 0.408. The van der Waals surface area contributed by atoms with Crippen molar-refractivity contribution in [2.75, 3.05) is 27.0 Å². The molecule has 2 rings (SSSR count). The van der Waals surface area contributed by atoms with E-state index in [1.165, 1.54) is 6.26 Å². The number of sulfone groups is 1. The minimum atomic E-state index is -3.15. The van der Waals surface area contributed by atoms with E-state index in [9.17, 15) is 8.42 Å². The highest BCUT2D eigenvalue weighted by Gasteiger charge is 2.07. The molecule has 7 heteroatoms. The SMILES string of the molecule is CN=C(NCCc1ccc(S(C)(=O)=O)cc1)NCc1ccc(C)cc1OC. The lowest BCUT2D eigenvalue weighted by Gasteiger charge is -2.14. The summed E-state index contributed by atoms with van der Waals surface area (Å²) in [4.78, 5) is 4.56. The number of nitrogens with one attached hydrogen (secondary N) is 2. The van der Waals surface area contributed by atoms with Gasteiger partial charge >= 0.3 is 0 Å². The fourth-order valence-corrected chi connectivity index (χ4v) is 3.26. The first-order valence-electron chi connectivity index (χ1n) is 8.70. The predicted octanol–water partition coefficient (Wildman–Crippen LogP) is 2.31. The number of rotatable bonds is 7. The van der Waals surface area contributed by atoms with Gasteiger partial charge in [-0.15, -0.1) is 0 Å². The fraction of sp³-hybridized carbons (Fsp3) is 0.350. The summed E-state index contributed by atoms with van der Waals surface area (Å²) < 4.78 is 28.4. The zero-order valence-electron chi connectivity index (χ0n) is 16.2. The van der Waals surface area contributed by atoms with Gasteiger partial charge in [0.2, 0.25) is 0 Å². The van der Waals surface area contributed by atoms with Gasteiger partial charge in [0, 0.05) is 32.0 Å². The fourth-order valence-electron chi connectivity index (χ4n) is 2.63. The molecule has 2 N–H and O–H groups in total. The smallest absolute Gasteiger partial charge is 0.191 e. The average Bonchev–Trinajstić information content (AvgIpc) is 2.64. The maximum Gasteiger partial charge on any atom is 0.191 e. The number of guanidine groups is 1. The van der Waals surface area contributed by atoms with Gasteiger partial charge in [-0.2, -0.15) is 0 Å². The van der Waals surface area contributed by atoms with E-state index < -0.39 is 9.84 Å². The number of benzene rings is 2. The van der Waals surface area contributed by atoms with Crippen LogP contribution in [-0.4, -0.2) is 41.3 Å². The number of hydrogen-bond donors (Lipinski definition) is 2. The third-order valence-corrected chi connectivity index (χ3v) is 5.30. The molecule has 0 bridgehead atoms. The summed E-state index contributed by atoms with van der Waals surface area (Å²) in [5.74, 6) is 1.55. The molecule has 0 aliphatic rings. The van der Waals surface area contributed by atoms with E-state index in [0.717, 1.165) is 28.9 Å². The first-order valence-corrected chi connectivity index (χ1v) is 10.6. The van der Waals surface area contributed by atoms with Crippen LogP contribution in [0.3, 0.4) is 0 Å². The summed E-state index contributed by atoms with van der Waals surface area (Å²) in [6, 6.07) is 13.1. The Morgan fingerprint density at radius 1 is 1.11 bits per heavy atom. The average molecular weight is 390 g/mol. The molecule has 0 amide bonds. The lowest BCUT2D eigenvalue weighted by Crippen LogP contribution is -2.37. The molecule has 2 aromatic carbocycles. The molecule has 0 saturated carbocycles. The molecule has 0 fully saturated rings. The first kappa shape index (κ1) is 20.8. The highest BCUT2D eigenvalue weighted by molar-refractivity contribution is 7.90. The molecule has 0 atom stereocenters. The molecule has 0 spiro atoms. The monoisotopic (exact) mass is 389 g/mol. The number of aryl methyl sites for hydroxylation is 1. The second kappa shape index (κ2) is 9.41. The van der Waals surface area contributed by atoms with Crippen LogP contribution in [0.2, 0.25) is 0 Å². The van der Waals surface area contributed by atoms with Crippen molar-refractivity contribution in [3.63, 3.8) is 0 Å². The van der Waals surface area contributed by atoms with Crippen LogP contribution in [0.15, 0.2) is 52.4 Å². The van der Waals surface area contributed by atoms with Gasteiger partial charge in [0.05, 0.1) is 12.0 Å². The summed E-state index contributed by atoms with van der Waals surface area (Å²) in [5, 5.41) is 6.54. The number of aliphatic imine (C=N–C) groups is 1. The van der Waals surface area contributed by atoms with E-state index in [4.69, 9.17) is 4.74 Å². The Bertz CT molecular complexity index is 891. The van der Waals surface area contributed by atoms with Gasteiger partial charge in [-0.3, -0.25) is 4.99 Å². The van der Waals surface area contributed by atoms with Gasteiger partial charge in [-0.25, -0.2) is 8.42 Å². The normalized spacial score (nSPS) is 11.9. The molecular formula is C20H27N3O3S. The van der Waals surface area contributed by atoms with Crippen molar-refractivity contribution in [3.05, 3.63) is 59.2 Å². The second-order valence-corrected chi connectivity index (χ2v) is 8.35. The quantitative estimate of drug-likeness (QED) is 0.561. The minimum Gasteiger partial charge on any atom is -0.496 e. The van der Waals surface area contributed by atoms with Crippen molar-refractivity contribution < 1.29 is 13.2 Å². The summed E-state index contributed by atoms with van der Waals surface area (Å²) in [6.45, 7) is 3.32. The molecule has 0 radical (unpaired) electrons. The molecule has 0 aliphatic carbocycles. The number of methoxy groups -OCH3 is 1. The zero-order chi connectivity index (χ0) is 19.9. The van der Waals surface area contributed by atoms with Crippen LogP contribution in [0.25, 0.3) is 0 Å². The molecule has 2 aromatic rings. The molecule has 0 aromatic heterocycles. The van der Waals surface area contributed by atoms with E-state index in [1.54, 1.807) is 26.3 Å². The van der Waals surface area contributed by atoms with Crippen LogP contribution in [-0.2, 0) is 22.8 Å². The molecular weight excluding hydrogens is 362 g/mol. The Balaban J connectivity index is 1.86. The molecule has 27 heavy (non-hydrogen) atoms. The molecule has 0 saturated heterocycles. The Morgan fingerprint density at radius 3 is 2.41 bits per heavy atom. The van der Waals surface area contributed by atoms with Crippen LogP contribution in [0.4, 0.5) is 0 Å². The van der Waals surface area contributed by atoms with Crippen LogP contribution in [0.5, 0.6) is 5.75 Å². The van der Waals surface area contributed by atoms with Crippen molar-refractivity contribution in [1.29, 1.82) is 0 Å². The zero-order valence-corrected chi connectivity index (χ0v) is 17.1. The Hall–Kier alpha value is -2.54. The van der Waals surface area contributed by atoms with Crippen molar-refractivity contribution in [1.82, 2.24) is 10.6 Å². The van der Waals surface area contributed by atoms with Gasteiger partial charge in [-0.05, 0) is 42.7 Å². The predicted molar refractivity (Wildman–Crippen MR) is 109 cm³/mol. The summed E-state index contributed by atoms with van der Waals surface area (Å²) >= 11 is 0. The molecule has 0 unspecified atom stereocenters. The van der Waals surface area contributed by atoms with Gasteiger partial charge in [0.25, 0.3) is 0 Å². The third-order valence-electron chi connectivity index (χ3n) is 4.17. The maximum atomic E-state index is 11.5. The minimum absolute atomic E-state index is 0.337. The van der Waals surface area contributed by atoms with Crippen LogP contribution in [0, 0.1) is 6.92 Å². The Morgan fingerprint density at radius 2 is 1.81 bits per heavy atom. The van der Waals surface area contributed by atoms with Crippen LogP contribution < -0.4 is 15.4 Å². The topological polar surface area (TPSA) is 79.8 Å². The summed E-state index contributed by atoms with van der Waals surface area (Å²) in [5.41, 5.74) is 3.27. The van der Waals surface area contributed by atoms with Gasteiger partial charge in [-0.1, -0.05) is 24.3 Å². The van der Waals surface area contributed by atoms with E-state index in [1.807, 2.05) is 31.2 Å². The standard InChI is InChI=1S/C20H27N3O3S/c1-15-5-8-17(19(13-15)26-3)14-23-20(21-2)22-12-11-16-6-9-18(10-7-16)27(4,24)25/h5-10,13H,11-12,14H2,1-4H3,(H2,21,22,23). The van der Waals surface area contributed by atoms with Crippen molar-refractivity contribution in [2.24, 2.45) is 4.99 Å². The highest BCUT2D eigenvalue weighted by Crippen LogP contribution is 2.19. The molecule has 6 nitrogen and oxygen atoms in total. The Kier molecular flexibility index (Phi) is 7.24. The highest BCUT2D eigenvalue weighted by atomic mass is 32.2. The van der Waals surface area contributed by atoms with Crippen molar-refractivity contribution in [3.8, 4) is 5.75 Å². The number of nitrogens with zero attached hydrogens (tertiary/aromatic N) is 1. The summed E-state index contributed by atoms with van der Waals surface area (Å²) in [7, 11) is 0.237. The largest absolute Gasteiger partial charge is 0.496 e. The molecule has 0 aliphatic heterocycles. The van der Waals surface area contributed by atoms with Gasteiger partial charge in [0.1, 0.15) is 5.75 Å². The van der Waals surface area contributed by atoms with Crippen LogP contribution in [0.1, 0.15) is 16.7 Å². The third kappa shape index (κ3) is 6.29. The van der Waals surface area contributed by atoms with E-state index in [2.05, 4.69) is 21.7 Å². The van der Waals surface area contributed by atoms with Gasteiger partial charge in [0.15, 0.2) is 15.8 Å². The van der Waals surface area contributed by atoms with E-state index >= 15 is 0 Å². The molecule has 146 valence electrons. The van der Waals surface area contributed by atoms with Crippen LogP contribution >= 0.6 is 0 Å². The van der Waals surface area contributed by atoms with Gasteiger partial charge < -0.3 is 15.4 Å². The van der Waals surface area contributed by atoms with E-state index in [0.29, 0.717) is 23.9 Å². The second-order valence-electron chi connectivity index (χ2n) is 6.33. The summed E-state index contributed by atoms with van der Waals surface area (Å²) in [6.07, 6.45) is 1.97. The van der Waals surface area contributed by atoms with Crippen molar-refractivity contribution in [2.45, 2.75) is 24.8 Å². The number of ether oxygens (including phenoxy) is 1. The first-order chi connectivity index (χ1) is 12.8. The maximum absolute atomic E-state index is 11.5. The molecule has 0 heterocycles. The Labute approximate surface area is 161 Å². The lowest BCUT2D eigenvalue weighted by atomic mass is 10.1. The van der Waals surface area contributed by atoms with Crippen molar-refractivity contribution >= 4 is 15.8 Å². The van der Waals surface area contributed by atoms with E-state index in [-0.39, 0.29) is 0 Å². The number of hydrogen-bond acceptors (Lipinski definition) is 4.